The lowest BCUT2D eigenvalue weighted by atomic mass is 9.44. The summed E-state index contributed by atoms with van der Waals surface area (Å²) >= 11 is 0. The van der Waals surface area contributed by atoms with Gasteiger partial charge in [0, 0.05) is 12.3 Å². The smallest absolute Gasteiger partial charge is 0.137 e. The van der Waals surface area contributed by atoms with E-state index in [9.17, 15) is 20.1 Å². The lowest BCUT2D eigenvalue weighted by molar-refractivity contribution is -0.164. The van der Waals surface area contributed by atoms with Crippen LogP contribution in [0.15, 0.2) is 0 Å². The molecular formula is C21H34O4. The molecule has 4 nitrogen and oxygen atoms in total. The van der Waals surface area contributed by atoms with Crippen molar-refractivity contribution >= 4 is 5.78 Å². The highest BCUT2D eigenvalue weighted by Gasteiger charge is 2.63. The number of fused-ring (bicyclic) bond motifs is 5. The number of carbonyl (C=O) groups is 1. The SMILES string of the molecule is C[C@]12CC[C@@H](O)C[C@H]1CC[C@H]1[C@@H]3CC[C@H]([C@H](O)CO)[C@@]3(C)CC(=O)[C@@H]12. The first-order valence-corrected chi connectivity index (χ1v) is 10.3. The van der Waals surface area contributed by atoms with E-state index in [4.69, 9.17) is 0 Å². The summed E-state index contributed by atoms with van der Waals surface area (Å²) in [6.07, 6.45) is 6.56. The Labute approximate surface area is 151 Å². The van der Waals surface area contributed by atoms with E-state index in [1.807, 2.05) is 0 Å². The number of ketones is 1. The first-order valence-electron chi connectivity index (χ1n) is 10.3. The third-order valence-corrected chi connectivity index (χ3v) is 9.05. The van der Waals surface area contributed by atoms with Crippen LogP contribution in [0.25, 0.3) is 0 Å². The van der Waals surface area contributed by atoms with E-state index >= 15 is 0 Å². The number of aliphatic hydroxyl groups is 3. The summed E-state index contributed by atoms with van der Waals surface area (Å²) in [5.74, 6) is 1.98. The van der Waals surface area contributed by atoms with E-state index in [0.29, 0.717) is 30.0 Å². The molecule has 0 aromatic heterocycles. The molecule has 0 heterocycles. The maximum absolute atomic E-state index is 13.4. The summed E-state index contributed by atoms with van der Waals surface area (Å²) in [6, 6.07) is 0. The Balaban J connectivity index is 1.65. The molecule has 9 atom stereocenters. The van der Waals surface area contributed by atoms with Crippen LogP contribution in [0, 0.1) is 40.4 Å². The molecule has 0 amide bonds. The monoisotopic (exact) mass is 350 g/mol. The van der Waals surface area contributed by atoms with Crippen molar-refractivity contribution in [1.29, 1.82) is 0 Å². The second kappa shape index (κ2) is 6.03. The highest BCUT2D eigenvalue weighted by atomic mass is 16.3. The molecule has 4 saturated carbocycles. The van der Waals surface area contributed by atoms with Gasteiger partial charge in [-0.05, 0) is 79.4 Å². The molecule has 0 spiro atoms. The standard InChI is InChI=1S/C21H34O4/c1-20-8-7-13(23)9-12(20)3-4-14-15-5-6-16(18(25)11-22)21(15,2)10-17(24)19(14)20/h12-16,18-19,22-23,25H,3-11H2,1-2H3/t12-,13-,14+,15+,16-,18-,19-,20+,21+/m1/s1. The zero-order chi connectivity index (χ0) is 18.0. The van der Waals surface area contributed by atoms with Crippen molar-refractivity contribution in [3.8, 4) is 0 Å². The lowest BCUT2D eigenvalue weighted by Gasteiger charge is -2.60. The highest BCUT2D eigenvalue weighted by molar-refractivity contribution is 5.84. The molecule has 3 N–H and O–H groups in total. The van der Waals surface area contributed by atoms with Crippen LogP contribution < -0.4 is 0 Å². The molecule has 0 radical (unpaired) electrons. The molecule has 4 aliphatic carbocycles. The highest BCUT2D eigenvalue weighted by Crippen LogP contribution is 2.66. The topological polar surface area (TPSA) is 77.8 Å². The largest absolute Gasteiger partial charge is 0.394 e. The van der Waals surface area contributed by atoms with Crippen molar-refractivity contribution in [2.24, 2.45) is 40.4 Å². The maximum atomic E-state index is 13.4. The van der Waals surface area contributed by atoms with Crippen molar-refractivity contribution in [1.82, 2.24) is 0 Å². The summed E-state index contributed by atoms with van der Waals surface area (Å²) < 4.78 is 0. The first-order chi connectivity index (χ1) is 11.8. The van der Waals surface area contributed by atoms with Crippen LogP contribution in [0.5, 0.6) is 0 Å². The van der Waals surface area contributed by atoms with Crippen LogP contribution in [-0.2, 0) is 4.79 Å². The van der Waals surface area contributed by atoms with E-state index in [1.165, 1.54) is 0 Å². The number of Topliss-reactive ketones (excluding diaryl/α,β-unsaturated/α-hetero) is 1. The number of hydrogen-bond acceptors (Lipinski definition) is 4. The minimum atomic E-state index is -0.698. The Morgan fingerprint density at radius 2 is 1.88 bits per heavy atom. The maximum Gasteiger partial charge on any atom is 0.137 e. The molecule has 4 aliphatic rings. The molecule has 4 fully saturated rings. The lowest BCUT2D eigenvalue weighted by Crippen LogP contribution is -2.58. The fourth-order valence-electron chi connectivity index (χ4n) is 7.85. The van der Waals surface area contributed by atoms with Crippen molar-refractivity contribution in [3.63, 3.8) is 0 Å². The van der Waals surface area contributed by atoms with E-state index in [1.54, 1.807) is 0 Å². The number of hydrogen-bond donors (Lipinski definition) is 3. The Morgan fingerprint density at radius 1 is 1.12 bits per heavy atom. The van der Waals surface area contributed by atoms with E-state index in [0.717, 1.165) is 44.9 Å². The molecule has 0 aliphatic heterocycles. The van der Waals surface area contributed by atoms with Crippen LogP contribution in [0.3, 0.4) is 0 Å². The van der Waals surface area contributed by atoms with Crippen molar-refractivity contribution in [2.45, 2.75) is 77.4 Å². The number of aliphatic hydroxyl groups excluding tert-OH is 3. The summed E-state index contributed by atoms with van der Waals surface area (Å²) in [7, 11) is 0. The van der Waals surface area contributed by atoms with Gasteiger partial charge in [0.05, 0.1) is 18.8 Å². The van der Waals surface area contributed by atoms with E-state index < -0.39 is 6.10 Å². The molecule has 4 heteroatoms. The van der Waals surface area contributed by atoms with Gasteiger partial charge in [-0.15, -0.1) is 0 Å². The molecule has 4 rings (SSSR count). The van der Waals surface area contributed by atoms with Gasteiger partial charge in [0.2, 0.25) is 0 Å². The second-order valence-electron chi connectivity index (χ2n) is 10.0. The Morgan fingerprint density at radius 3 is 2.60 bits per heavy atom. The predicted molar refractivity (Wildman–Crippen MR) is 94.7 cm³/mol. The average molecular weight is 350 g/mol. The number of carbonyl (C=O) groups excluding carboxylic acids is 1. The molecule has 0 aromatic carbocycles. The third kappa shape index (κ3) is 2.47. The van der Waals surface area contributed by atoms with Gasteiger partial charge in [-0.25, -0.2) is 0 Å². The molecule has 142 valence electrons. The third-order valence-electron chi connectivity index (χ3n) is 9.05. The van der Waals surface area contributed by atoms with Gasteiger partial charge in [-0.1, -0.05) is 13.8 Å². The van der Waals surface area contributed by atoms with Gasteiger partial charge >= 0.3 is 0 Å². The first kappa shape index (κ1) is 17.9. The van der Waals surface area contributed by atoms with Crippen molar-refractivity contribution in [3.05, 3.63) is 0 Å². The molecule has 25 heavy (non-hydrogen) atoms. The summed E-state index contributed by atoms with van der Waals surface area (Å²) in [6.45, 7) is 4.31. The van der Waals surface area contributed by atoms with Gasteiger partial charge in [-0.3, -0.25) is 4.79 Å². The molecule has 0 unspecified atom stereocenters. The molecule has 0 aromatic rings. The zero-order valence-corrected chi connectivity index (χ0v) is 15.7. The summed E-state index contributed by atoms with van der Waals surface area (Å²) in [4.78, 5) is 13.4. The van der Waals surface area contributed by atoms with Gasteiger partial charge in [0.15, 0.2) is 0 Å². The summed E-state index contributed by atoms with van der Waals surface area (Å²) in [5, 5.41) is 29.9. The van der Waals surface area contributed by atoms with Crippen LogP contribution in [0.4, 0.5) is 0 Å². The zero-order valence-electron chi connectivity index (χ0n) is 15.7. The van der Waals surface area contributed by atoms with Crippen LogP contribution in [-0.4, -0.2) is 39.9 Å². The second-order valence-corrected chi connectivity index (χ2v) is 10.0. The van der Waals surface area contributed by atoms with Crippen molar-refractivity contribution < 1.29 is 20.1 Å². The Hall–Kier alpha value is -0.450. The van der Waals surface area contributed by atoms with E-state index in [-0.39, 0.29) is 35.4 Å². The van der Waals surface area contributed by atoms with Crippen LogP contribution in [0.1, 0.15) is 65.2 Å². The Kier molecular flexibility index (Phi) is 4.33. The predicted octanol–water partition coefficient (Wildman–Crippen LogP) is 2.54. The quantitative estimate of drug-likeness (QED) is 0.715. The fourth-order valence-corrected chi connectivity index (χ4v) is 7.85. The number of rotatable bonds is 2. The summed E-state index contributed by atoms with van der Waals surface area (Å²) in [5.41, 5.74) is -0.105. The van der Waals surface area contributed by atoms with Crippen molar-refractivity contribution in [2.75, 3.05) is 6.61 Å². The average Bonchev–Trinajstić information content (AvgIpc) is 2.91. The van der Waals surface area contributed by atoms with Crippen LogP contribution in [0.2, 0.25) is 0 Å². The fraction of sp³-hybridized carbons (Fsp3) is 0.952. The minimum absolute atomic E-state index is 0.0473. The molecule has 0 saturated heterocycles. The normalized spacial score (nSPS) is 53.7. The molecular weight excluding hydrogens is 316 g/mol. The van der Waals surface area contributed by atoms with Crippen LogP contribution >= 0.6 is 0 Å². The van der Waals surface area contributed by atoms with Gasteiger partial charge < -0.3 is 15.3 Å². The van der Waals surface area contributed by atoms with E-state index in [2.05, 4.69) is 13.8 Å². The van der Waals surface area contributed by atoms with Gasteiger partial charge in [-0.2, -0.15) is 0 Å². The van der Waals surface area contributed by atoms with Gasteiger partial charge in [0.25, 0.3) is 0 Å². The Bertz CT molecular complexity index is 548. The minimum Gasteiger partial charge on any atom is -0.394 e. The van der Waals surface area contributed by atoms with Gasteiger partial charge in [0.1, 0.15) is 5.78 Å². The molecule has 0 bridgehead atoms.